The van der Waals surface area contributed by atoms with Gasteiger partial charge in [0.15, 0.2) is 0 Å². The number of ether oxygens (including phenoxy) is 3. The van der Waals surface area contributed by atoms with E-state index in [1.807, 2.05) is 103 Å². The number of amides is 1. The number of nitrogens with one attached hydrogen (secondary N) is 1. The van der Waals surface area contributed by atoms with Crippen molar-refractivity contribution in [2.45, 2.75) is 17.4 Å². The Bertz CT molecular complexity index is 1620. The second kappa shape index (κ2) is 12.7. The zero-order valence-corrected chi connectivity index (χ0v) is 24.8. The quantitative estimate of drug-likeness (QED) is 0.174. The summed E-state index contributed by atoms with van der Waals surface area (Å²) in [5, 5.41) is 14.1. The van der Waals surface area contributed by atoms with Gasteiger partial charge in [-0.15, -0.1) is 0 Å². The highest BCUT2D eigenvalue weighted by molar-refractivity contribution is 5.79. The lowest BCUT2D eigenvalue weighted by atomic mass is 9.64. The zero-order chi connectivity index (χ0) is 30.5. The summed E-state index contributed by atoms with van der Waals surface area (Å²) >= 11 is 0. The molecule has 1 aliphatic carbocycles. The molecule has 0 saturated carbocycles. The first-order chi connectivity index (χ1) is 21.6. The topological polar surface area (TPSA) is 77.0 Å². The van der Waals surface area contributed by atoms with E-state index in [0.717, 1.165) is 38.9 Å². The van der Waals surface area contributed by atoms with Gasteiger partial charge >= 0.3 is 6.09 Å². The highest BCUT2D eigenvalue weighted by Crippen LogP contribution is 2.45. The Morgan fingerprint density at radius 1 is 0.682 bits per heavy atom. The average molecular weight is 586 g/mol. The molecule has 1 atom stereocenters. The highest BCUT2D eigenvalue weighted by Gasteiger charge is 2.45. The molecule has 0 saturated heterocycles. The van der Waals surface area contributed by atoms with Gasteiger partial charge < -0.3 is 24.6 Å². The summed E-state index contributed by atoms with van der Waals surface area (Å²) in [5.74, 6) is 1.33. The van der Waals surface area contributed by atoms with Crippen LogP contribution in [0.4, 0.5) is 4.79 Å². The summed E-state index contributed by atoms with van der Waals surface area (Å²) in [4.78, 5) is 13.7. The van der Waals surface area contributed by atoms with E-state index in [1.54, 1.807) is 14.2 Å². The second-order valence-corrected chi connectivity index (χ2v) is 10.8. The molecule has 0 spiro atoms. The fraction of sp³-hybridized carbons (Fsp3) is 0.184. The molecule has 5 aromatic rings. The molecular formula is C38H35NO5. The molecule has 1 amide bonds. The zero-order valence-electron chi connectivity index (χ0n) is 24.8. The Morgan fingerprint density at radius 3 is 1.61 bits per heavy atom. The van der Waals surface area contributed by atoms with E-state index in [-0.39, 0.29) is 19.1 Å². The van der Waals surface area contributed by atoms with Crippen molar-refractivity contribution in [1.29, 1.82) is 0 Å². The number of rotatable bonds is 10. The minimum Gasteiger partial charge on any atom is -0.497 e. The molecule has 0 fully saturated rings. The van der Waals surface area contributed by atoms with Crippen molar-refractivity contribution in [3.8, 4) is 22.6 Å². The first-order valence-electron chi connectivity index (χ1n) is 14.7. The highest BCUT2D eigenvalue weighted by atomic mass is 16.5. The van der Waals surface area contributed by atoms with Gasteiger partial charge in [-0.1, -0.05) is 103 Å². The van der Waals surface area contributed by atoms with Crippen LogP contribution in [0.1, 0.15) is 33.7 Å². The summed E-state index contributed by atoms with van der Waals surface area (Å²) in [6.45, 7) is -0.182. The van der Waals surface area contributed by atoms with Crippen molar-refractivity contribution < 1.29 is 24.1 Å². The van der Waals surface area contributed by atoms with E-state index in [2.05, 4.69) is 29.6 Å². The molecule has 1 aliphatic rings. The minimum atomic E-state index is -0.986. The number of alkyl carbamates (subject to hydrolysis) is 1. The van der Waals surface area contributed by atoms with Gasteiger partial charge in [0, 0.05) is 5.92 Å². The fourth-order valence-electron chi connectivity index (χ4n) is 6.59. The summed E-state index contributed by atoms with van der Waals surface area (Å²) in [6, 6.07) is 41.0. The van der Waals surface area contributed by atoms with Crippen molar-refractivity contribution in [3.63, 3.8) is 0 Å². The van der Waals surface area contributed by atoms with Crippen molar-refractivity contribution in [1.82, 2.24) is 5.32 Å². The van der Waals surface area contributed by atoms with Gasteiger partial charge in [0.25, 0.3) is 0 Å². The van der Waals surface area contributed by atoms with Crippen LogP contribution in [0.25, 0.3) is 11.1 Å². The number of benzene rings is 5. The lowest BCUT2D eigenvalue weighted by molar-refractivity contribution is 0.126. The molecule has 2 N–H and O–H groups in total. The number of fused-ring (bicyclic) bond motifs is 3. The number of carbonyl (C=O) groups is 1. The second-order valence-electron chi connectivity index (χ2n) is 10.8. The summed E-state index contributed by atoms with van der Waals surface area (Å²) in [7, 11) is 3.25. The fourth-order valence-corrected chi connectivity index (χ4v) is 6.59. The van der Waals surface area contributed by atoms with E-state index in [1.165, 1.54) is 0 Å². The van der Waals surface area contributed by atoms with Crippen LogP contribution in [-0.2, 0) is 10.2 Å². The van der Waals surface area contributed by atoms with Crippen molar-refractivity contribution in [2.24, 2.45) is 0 Å². The number of carbonyl (C=O) groups excluding carboxylic acids is 1. The Kier molecular flexibility index (Phi) is 8.35. The first kappa shape index (κ1) is 29.0. The van der Waals surface area contributed by atoms with Crippen LogP contribution in [0.15, 0.2) is 127 Å². The third-order valence-corrected chi connectivity index (χ3v) is 8.66. The maximum Gasteiger partial charge on any atom is 0.407 e. The van der Waals surface area contributed by atoms with Crippen LogP contribution in [-0.4, -0.2) is 44.7 Å². The van der Waals surface area contributed by atoms with Gasteiger partial charge in [0.05, 0.1) is 32.3 Å². The van der Waals surface area contributed by atoms with E-state index in [9.17, 15) is 9.90 Å². The average Bonchev–Trinajstić information content (AvgIpc) is 3.41. The largest absolute Gasteiger partial charge is 0.497 e. The lowest BCUT2D eigenvalue weighted by Crippen LogP contribution is -2.54. The maximum atomic E-state index is 13.7. The number of aliphatic hydroxyl groups excluding tert-OH is 1. The van der Waals surface area contributed by atoms with Gasteiger partial charge in [0.1, 0.15) is 18.1 Å². The van der Waals surface area contributed by atoms with Gasteiger partial charge in [0.2, 0.25) is 0 Å². The van der Waals surface area contributed by atoms with Crippen molar-refractivity contribution in [2.75, 3.05) is 27.4 Å². The van der Waals surface area contributed by atoms with Crippen LogP contribution in [0.3, 0.4) is 0 Å². The molecule has 5 aromatic carbocycles. The Labute approximate surface area is 257 Å². The van der Waals surface area contributed by atoms with Crippen LogP contribution in [0, 0.1) is 0 Å². The van der Waals surface area contributed by atoms with Crippen molar-refractivity contribution in [3.05, 3.63) is 155 Å². The monoisotopic (exact) mass is 585 g/mol. The predicted molar refractivity (Wildman–Crippen MR) is 171 cm³/mol. The molecule has 0 aliphatic heterocycles. The molecule has 6 rings (SSSR count). The van der Waals surface area contributed by atoms with Crippen LogP contribution in [0.2, 0.25) is 0 Å². The smallest absolute Gasteiger partial charge is 0.407 e. The Balaban J connectivity index is 1.37. The van der Waals surface area contributed by atoms with Crippen LogP contribution in [0.5, 0.6) is 11.5 Å². The molecule has 0 heterocycles. The molecule has 0 bridgehead atoms. The molecule has 0 aromatic heterocycles. The molecule has 44 heavy (non-hydrogen) atoms. The van der Waals surface area contributed by atoms with E-state index in [0.29, 0.717) is 11.5 Å². The summed E-state index contributed by atoms with van der Waals surface area (Å²) in [5.41, 5.74) is 6.24. The number of hydrogen-bond donors (Lipinski definition) is 2. The van der Waals surface area contributed by atoms with Gasteiger partial charge in [-0.3, -0.25) is 0 Å². The van der Waals surface area contributed by atoms with Crippen molar-refractivity contribution >= 4 is 6.09 Å². The van der Waals surface area contributed by atoms with E-state index < -0.39 is 17.6 Å². The number of methoxy groups -OCH3 is 2. The summed E-state index contributed by atoms with van der Waals surface area (Å²) < 4.78 is 16.8. The predicted octanol–water partition coefficient (Wildman–Crippen LogP) is 6.94. The van der Waals surface area contributed by atoms with Crippen LogP contribution < -0.4 is 14.8 Å². The summed E-state index contributed by atoms with van der Waals surface area (Å²) in [6.07, 6.45) is -0.603. The number of aliphatic hydroxyl groups is 1. The molecule has 222 valence electrons. The SMILES string of the molecule is COc1ccc(C(c2ccccc2)(c2ccc(OC)cc2)C(CO)NC(=O)OCC2c3ccccc3-c3ccccc32)cc1. The van der Waals surface area contributed by atoms with Gasteiger partial charge in [-0.25, -0.2) is 4.79 Å². The molecule has 6 nitrogen and oxygen atoms in total. The molecule has 1 unspecified atom stereocenters. The molecule has 6 heteroatoms. The van der Waals surface area contributed by atoms with E-state index in [4.69, 9.17) is 14.2 Å². The third-order valence-electron chi connectivity index (χ3n) is 8.66. The maximum absolute atomic E-state index is 13.7. The van der Waals surface area contributed by atoms with Gasteiger partial charge in [-0.2, -0.15) is 0 Å². The van der Waals surface area contributed by atoms with E-state index >= 15 is 0 Å². The normalized spacial score (nSPS) is 13.0. The Morgan fingerprint density at radius 2 is 1.14 bits per heavy atom. The first-order valence-corrected chi connectivity index (χ1v) is 14.7. The van der Waals surface area contributed by atoms with Crippen LogP contribution >= 0.6 is 0 Å². The number of hydrogen-bond acceptors (Lipinski definition) is 5. The standard InChI is InChI=1S/C38H35NO5/c1-42-29-20-16-27(17-21-29)38(26-10-4-3-5-11-26,28-18-22-30(43-2)23-19-28)36(24-40)39-37(41)44-25-35-33-14-8-6-12-31(33)32-13-7-9-15-34(32)35/h3-23,35-36,40H,24-25H2,1-2H3,(H,39,41). The lowest BCUT2D eigenvalue weighted by Gasteiger charge is -2.42. The Hall–Kier alpha value is -5.07. The minimum absolute atomic E-state index is 0.0808. The third kappa shape index (κ3) is 5.18. The molecular weight excluding hydrogens is 550 g/mol. The molecule has 0 radical (unpaired) electrons. The van der Waals surface area contributed by atoms with Gasteiger partial charge in [-0.05, 0) is 63.2 Å².